The maximum absolute atomic E-state index is 13.0. The molecule has 1 heterocycles. The Bertz CT molecular complexity index is 1310. The van der Waals surface area contributed by atoms with Gasteiger partial charge in [-0.25, -0.2) is 9.78 Å². The van der Waals surface area contributed by atoms with E-state index in [1.54, 1.807) is 18.2 Å². The van der Waals surface area contributed by atoms with Gasteiger partial charge in [-0.1, -0.05) is 18.2 Å². The third-order valence-corrected chi connectivity index (χ3v) is 9.11. The predicted molar refractivity (Wildman–Crippen MR) is 150 cm³/mol. The number of hydrogen-bond acceptors (Lipinski definition) is 8. The number of aromatic nitrogens is 2. The van der Waals surface area contributed by atoms with Crippen LogP contribution >= 0.6 is 11.8 Å². The Morgan fingerprint density at radius 1 is 1.15 bits per heavy atom. The van der Waals surface area contributed by atoms with Crippen LogP contribution in [-0.4, -0.2) is 39.8 Å². The smallest absolute Gasteiger partial charge is 0.444 e. The van der Waals surface area contributed by atoms with Crippen LogP contribution in [0.2, 0.25) is 0 Å². The Hall–Kier alpha value is -3.20. The summed E-state index contributed by atoms with van der Waals surface area (Å²) in [4.78, 5) is 21.3. The molecule has 8 nitrogen and oxygen atoms in total. The average Bonchev–Trinajstić information content (AvgIpc) is 2.87. The minimum Gasteiger partial charge on any atom is -0.444 e. The molecule has 4 saturated carbocycles. The third kappa shape index (κ3) is 7.18. The van der Waals surface area contributed by atoms with E-state index in [9.17, 15) is 23.2 Å². The highest BCUT2D eigenvalue weighted by atomic mass is 32.2. The molecule has 4 bridgehead atoms. The molecule has 220 valence electrons. The molecule has 1 aromatic heterocycles. The number of amides is 1. The minimum absolute atomic E-state index is 0.0433. The van der Waals surface area contributed by atoms with Crippen molar-refractivity contribution in [2.24, 2.45) is 23.2 Å². The van der Waals surface area contributed by atoms with E-state index in [0.29, 0.717) is 41.2 Å². The van der Waals surface area contributed by atoms with E-state index >= 15 is 0 Å². The van der Waals surface area contributed by atoms with Crippen molar-refractivity contribution in [3.63, 3.8) is 0 Å². The summed E-state index contributed by atoms with van der Waals surface area (Å²) in [5.74, 6) is 2.00. The van der Waals surface area contributed by atoms with Crippen LogP contribution < -0.4 is 16.0 Å². The molecule has 0 aliphatic heterocycles. The van der Waals surface area contributed by atoms with Gasteiger partial charge >= 0.3 is 11.6 Å². The van der Waals surface area contributed by atoms with Gasteiger partial charge in [0.1, 0.15) is 23.1 Å². The van der Waals surface area contributed by atoms with Crippen LogP contribution in [0.5, 0.6) is 0 Å². The van der Waals surface area contributed by atoms with Crippen LogP contribution in [0.3, 0.4) is 0 Å². The van der Waals surface area contributed by atoms with Crippen molar-refractivity contribution in [3.05, 3.63) is 41.6 Å². The standard InChI is InChI=1S/C29H35F3N6O2S/c1-27(2,3)40-26(39)37-23-19-8-17-9-20(23)12-28(10-17,11-19)16-36-24-21(13-33)15-35-25(38-24)34-14-18-6-4-5-7-22(18)41-29(30,31)32/h4-7,15,17,19-20,23H,8-12,14,16H2,1-3H3,(H,37,39)(H2,34,35,36,38)/t17?,19-,20+,23-,28+. The number of ether oxygens (including phenoxy) is 1. The second-order valence-electron chi connectivity index (χ2n) is 12.6. The van der Waals surface area contributed by atoms with Gasteiger partial charge in [0, 0.05) is 24.0 Å². The molecule has 6 rings (SSSR count). The van der Waals surface area contributed by atoms with Crippen LogP contribution in [0, 0.1) is 34.5 Å². The maximum Gasteiger partial charge on any atom is 0.446 e. The lowest BCUT2D eigenvalue weighted by atomic mass is 9.48. The normalized spacial score (nSPS) is 26.8. The lowest BCUT2D eigenvalue weighted by molar-refractivity contribution is -0.0703. The summed E-state index contributed by atoms with van der Waals surface area (Å²) in [5, 5.41) is 19.3. The van der Waals surface area contributed by atoms with Gasteiger partial charge in [0.15, 0.2) is 0 Å². The molecule has 2 aromatic rings. The summed E-state index contributed by atoms with van der Waals surface area (Å²) in [6, 6.07) is 8.55. The summed E-state index contributed by atoms with van der Waals surface area (Å²) < 4.78 is 44.4. The number of thioether (sulfide) groups is 1. The Kier molecular flexibility index (Phi) is 8.03. The summed E-state index contributed by atoms with van der Waals surface area (Å²) >= 11 is -0.154. The fourth-order valence-electron chi connectivity index (χ4n) is 7.09. The predicted octanol–water partition coefficient (Wildman–Crippen LogP) is 6.70. The van der Waals surface area contributed by atoms with Gasteiger partial charge in [-0.3, -0.25) is 0 Å². The Balaban J connectivity index is 1.24. The second-order valence-corrected chi connectivity index (χ2v) is 13.7. The molecule has 4 aliphatic rings. The van der Waals surface area contributed by atoms with Crippen molar-refractivity contribution in [2.75, 3.05) is 17.2 Å². The molecule has 12 heteroatoms. The quantitative estimate of drug-likeness (QED) is 0.292. The topological polar surface area (TPSA) is 112 Å². The van der Waals surface area contributed by atoms with E-state index < -0.39 is 11.1 Å². The second kappa shape index (κ2) is 11.2. The van der Waals surface area contributed by atoms with E-state index in [0.717, 1.165) is 32.1 Å². The number of nitriles is 1. The van der Waals surface area contributed by atoms with Crippen molar-refractivity contribution in [2.45, 2.75) is 81.5 Å². The lowest BCUT2D eigenvalue weighted by Crippen LogP contribution is -2.60. The van der Waals surface area contributed by atoms with Gasteiger partial charge in [-0.05, 0) is 99.4 Å². The molecule has 5 atom stereocenters. The molecular formula is C29H35F3N6O2S. The number of alkyl halides is 3. The van der Waals surface area contributed by atoms with Gasteiger partial charge in [0.25, 0.3) is 0 Å². The van der Waals surface area contributed by atoms with Gasteiger partial charge in [-0.2, -0.15) is 23.4 Å². The number of hydrogen-bond donors (Lipinski definition) is 3. The number of nitrogens with zero attached hydrogens (tertiary/aromatic N) is 3. The third-order valence-electron chi connectivity index (χ3n) is 8.26. The first-order valence-electron chi connectivity index (χ1n) is 13.9. The molecule has 0 saturated heterocycles. The zero-order valence-corrected chi connectivity index (χ0v) is 24.2. The molecule has 4 fully saturated rings. The minimum atomic E-state index is -4.39. The van der Waals surface area contributed by atoms with Crippen LogP contribution in [0.1, 0.15) is 64.0 Å². The van der Waals surface area contributed by atoms with Gasteiger partial charge in [0.2, 0.25) is 5.95 Å². The molecule has 0 radical (unpaired) electrons. The van der Waals surface area contributed by atoms with Gasteiger partial charge < -0.3 is 20.7 Å². The molecule has 4 aliphatic carbocycles. The highest BCUT2D eigenvalue weighted by Crippen LogP contribution is 2.60. The van der Waals surface area contributed by atoms with Crippen LogP contribution in [0.15, 0.2) is 35.4 Å². The summed E-state index contributed by atoms with van der Waals surface area (Å²) in [5.41, 5.74) is -4.11. The zero-order chi connectivity index (χ0) is 29.4. The zero-order valence-electron chi connectivity index (χ0n) is 23.3. The molecule has 1 unspecified atom stereocenters. The van der Waals surface area contributed by atoms with Crippen molar-refractivity contribution in [1.29, 1.82) is 5.26 Å². The Labute approximate surface area is 242 Å². The van der Waals surface area contributed by atoms with Crippen molar-refractivity contribution in [1.82, 2.24) is 15.3 Å². The fourth-order valence-corrected chi connectivity index (χ4v) is 7.76. The van der Waals surface area contributed by atoms with Gasteiger partial charge in [0.05, 0.1) is 6.20 Å². The number of alkyl carbamates (subject to hydrolysis) is 1. The number of benzene rings is 1. The lowest BCUT2D eigenvalue weighted by Gasteiger charge is -2.60. The van der Waals surface area contributed by atoms with Crippen molar-refractivity contribution in [3.8, 4) is 6.07 Å². The molecule has 1 aromatic carbocycles. The first-order valence-corrected chi connectivity index (χ1v) is 14.7. The average molecular weight is 589 g/mol. The number of nitrogens with one attached hydrogen (secondary N) is 3. The van der Waals surface area contributed by atoms with Gasteiger partial charge in [-0.15, -0.1) is 0 Å². The van der Waals surface area contributed by atoms with E-state index in [-0.39, 0.29) is 46.7 Å². The first-order chi connectivity index (χ1) is 19.3. The van der Waals surface area contributed by atoms with E-state index in [1.807, 2.05) is 20.8 Å². The van der Waals surface area contributed by atoms with Crippen molar-refractivity contribution >= 4 is 29.6 Å². The van der Waals surface area contributed by atoms with Crippen LogP contribution in [-0.2, 0) is 11.3 Å². The fraction of sp³-hybridized carbons (Fsp3) is 0.586. The number of carbonyl (C=O) groups excluding carboxylic acids is 1. The SMILES string of the molecule is CC(C)(C)OC(=O)N[C@@H]1[C@@H]2CC3C[C@H]1C[C@](CNc1nc(NCc4ccccc4SC(F)(F)F)ncc1C#N)(C3)C2. The molecule has 0 spiro atoms. The van der Waals surface area contributed by atoms with E-state index in [4.69, 9.17) is 4.74 Å². The van der Waals surface area contributed by atoms with Crippen LogP contribution in [0.4, 0.5) is 29.7 Å². The number of rotatable bonds is 8. The highest BCUT2D eigenvalue weighted by molar-refractivity contribution is 8.00. The summed E-state index contributed by atoms with van der Waals surface area (Å²) in [6.45, 7) is 6.33. The molecule has 41 heavy (non-hydrogen) atoms. The maximum atomic E-state index is 13.0. The first kappa shape index (κ1) is 29.3. The summed E-state index contributed by atoms with van der Waals surface area (Å²) in [6.07, 6.45) is 6.29. The molecular weight excluding hydrogens is 553 g/mol. The van der Waals surface area contributed by atoms with E-state index in [2.05, 4.69) is 32.0 Å². The number of halogens is 3. The highest BCUT2D eigenvalue weighted by Gasteiger charge is 2.55. The largest absolute Gasteiger partial charge is 0.446 e. The van der Waals surface area contributed by atoms with Crippen LogP contribution in [0.25, 0.3) is 0 Å². The van der Waals surface area contributed by atoms with Crippen molar-refractivity contribution < 1.29 is 22.7 Å². The Morgan fingerprint density at radius 3 is 2.51 bits per heavy atom. The number of carbonyl (C=O) groups is 1. The number of anilines is 2. The van der Waals surface area contributed by atoms with E-state index in [1.165, 1.54) is 12.3 Å². The molecule has 3 N–H and O–H groups in total. The Morgan fingerprint density at radius 2 is 1.85 bits per heavy atom. The summed E-state index contributed by atoms with van der Waals surface area (Å²) in [7, 11) is 0. The molecule has 1 amide bonds. The monoisotopic (exact) mass is 588 g/mol.